The van der Waals surface area contributed by atoms with Gasteiger partial charge in [-0.1, -0.05) is 41.6 Å². The molecule has 1 amide bonds. The Kier molecular flexibility index (Phi) is 6.56. The molecule has 0 unspecified atom stereocenters. The second-order valence-corrected chi connectivity index (χ2v) is 8.76. The standard InChI is InChI=1S/C23H26FN5OS/c1-17-5-11-20(12-6-17)29-22(28-13-3-4-14-28)25-26-23(29)31-16-21(30)27(2)15-18-7-9-19(24)10-8-18/h5-12H,3-4,13-16H2,1-2H3. The average Bonchev–Trinajstić information content (AvgIpc) is 3.44. The molecule has 1 fully saturated rings. The second-order valence-electron chi connectivity index (χ2n) is 7.81. The van der Waals surface area contributed by atoms with Crippen LogP contribution in [-0.2, 0) is 11.3 Å². The van der Waals surface area contributed by atoms with E-state index >= 15 is 0 Å². The number of aromatic nitrogens is 3. The van der Waals surface area contributed by atoms with Crippen molar-refractivity contribution in [3.05, 3.63) is 65.5 Å². The van der Waals surface area contributed by atoms with E-state index in [1.807, 2.05) is 4.57 Å². The van der Waals surface area contributed by atoms with Crippen molar-refractivity contribution in [3.8, 4) is 5.69 Å². The van der Waals surface area contributed by atoms with E-state index in [9.17, 15) is 9.18 Å². The summed E-state index contributed by atoms with van der Waals surface area (Å²) < 4.78 is 15.1. The minimum atomic E-state index is -0.280. The van der Waals surface area contributed by atoms with Crippen LogP contribution in [0.3, 0.4) is 0 Å². The molecule has 1 aliphatic rings. The number of nitrogens with zero attached hydrogens (tertiary/aromatic N) is 5. The van der Waals surface area contributed by atoms with Crippen LogP contribution in [0.5, 0.6) is 0 Å². The normalized spacial score (nSPS) is 13.6. The fraction of sp³-hybridized carbons (Fsp3) is 0.348. The summed E-state index contributed by atoms with van der Waals surface area (Å²) in [5, 5.41) is 9.56. The predicted octanol–water partition coefficient (Wildman–Crippen LogP) is 4.07. The summed E-state index contributed by atoms with van der Waals surface area (Å²) in [7, 11) is 1.76. The molecule has 0 radical (unpaired) electrons. The van der Waals surface area contributed by atoms with Crippen molar-refractivity contribution in [1.29, 1.82) is 0 Å². The summed E-state index contributed by atoms with van der Waals surface area (Å²) >= 11 is 1.39. The number of hydrogen-bond donors (Lipinski definition) is 0. The van der Waals surface area contributed by atoms with Crippen molar-refractivity contribution >= 4 is 23.6 Å². The Morgan fingerprint density at radius 2 is 1.74 bits per heavy atom. The summed E-state index contributed by atoms with van der Waals surface area (Å²) in [5.74, 6) is 0.783. The average molecular weight is 440 g/mol. The summed E-state index contributed by atoms with van der Waals surface area (Å²) in [5.41, 5.74) is 3.07. The van der Waals surface area contributed by atoms with E-state index in [1.54, 1.807) is 24.1 Å². The van der Waals surface area contributed by atoms with E-state index < -0.39 is 0 Å². The fourth-order valence-electron chi connectivity index (χ4n) is 3.59. The summed E-state index contributed by atoms with van der Waals surface area (Å²) in [6.45, 7) is 4.42. The van der Waals surface area contributed by atoms with Gasteiger partial charge in [-0.3, -0.25) is 9.36 Å². The number of benzene rings is 2. The van der Waals surface area contributed by atoms with E-state index in [0.29, 0.717) is 11.7 Å². The minimum absolute atomic E-state index is 0.0181. The molecule has 31 heavy (non-hydrogen) atoms. The van der Waals surface area contributed by atoms with Gasteiger partial charge in [0.05, 0.1) is 11.4 Å². The topological polar surface area (TPSA) is 54.3 Å². The molecule has 0 bridgehead atoms. The lowest BCUT2D eigenvalue weighted by Crippen LogP contribution is -2.28. The van der Waals surface area contributed by atoms with Gasteiger partial charge in [-0.2, -0.15) is 0 Å². The molecule has 2 heterocycles. The van der Waals surface area contributed by atoms with Crippen molar-refractivity contribution in [1.82, 2.24) is 19.7 Å². The molecule has 6 nitrogen and oxygen atoms in total. The van der Waals surface area contributed by atoms with Gasteiger partial charge in [0.15, 0.2) is 5.16 Å². The van der Waals surface area contributed by atoms with E-state index in [1.165, 1.54) is 29.5 Å². The van der Waals surface area contributed by atoms with Gasteiger partial charge < -0.3 is 9.80 Å². The highest BCUT2D eigenvalue weighted by atomic mass is 32.2. The Morgan fingerprint density at radius 1 is 1.06 bits per heavy atom. The highest BCUT2D eigenvalue weighted by Gasteiger charge is 2.23. The first-order chi connectivity index (χ1) is 15.0. The van der Waals surface area contributed by atoms with Gasteiger partial charge in [0.25, 0.3) is 0 Å². The molecule has 0 N–H and O–H groups in total. The third-order valence-electron chi connectivity index (χ3n) is 5.38. The maximum Gasteiger partial charge on any atom is 0.233 e. The molecule has 4 rings (SSSR count). The van der Waals surface area contributed by atoms with E-state index in [0.717, 1.165) is 43.1 Å². The van der Waals surface area contributed by atoms with Crippen LogP contribution < -0.4 is 4.90 Å². The molecule has 0 atom stereocenters. The van der Waals surface area contributed by atoms with Crippen LogP contribution >= 0.6 is 11.8 Å². The maximum absolute atomic E-state index is 13.1. The van der Waals surface area contributed by atoms with Gasteiger partial charge >= 0.3 is 0 Å². The Bertz CT molecular complexity index is 1030. The Balaban J connectivity index is 1.49. The molecular formula is C23H26FN5OS. The van der Waals surface area contributed by atoms with Crippen LogP contribution in [0.2, 0.25) is 0 Å². The van der Waals surface area contributed by atoms with Crippen molar-refractivity contribution < 1.29 is 9.18 Å². The summed E-state index contributed by atoms with van der Waals surface area (Å²) in [6.07, 6.45) is 2.30. The molecule has 0 saturated carbocycles. The SMILES string of the molecule is Cc1ccc(-n2c(SCC(=O)N(C)Cc3ccc(F)cc3)nnc2N2CCCC2)cc1. The first-order valence-electron chi connectivity index (χ1n) is 10.4. The van der Waals surface area contributed by atoms with Gasteiger partial charge in [0, 0.05) is 26.7 Å². The van der Waals surface area contributed by atoms with Crippen LogP contribution in [-0.4, -0.2) is 51.5 Å². The Labute approximate surface area is 186 Å². The van der Waals surface area contributed by atoms with Gasteiger partial charge in [-0.05, 0) is 49.6 Å². The number of amides is 1. The number of carbonyl (C=O) groups is 1. The first kappa shape index (κ1) is 21.4. The van der Waals surface area contributed by atoms with Crippen molar-refractivity contribution in [3.63, 3.8) is 0 Å². The number of anilines is 1. The zero-order chi connectivity index (χ0) is 21.8. The number of rotatable bonds is 7. The van der Waals surface area contributed by atoms with Gasteiger partial charge in [-0.15, -0.1) is 10.2 Å². The smallest absolute Gasteiger partial charge is 0.233 e. The summed E-state index contributed by atoms with van der Waals surface area (Å²) in [6, 6.07) is 14.5. The minimum Gasteiger partial charge on any atom is -0.341 e. The van der Waals surface area contributed by atoms with Crippen molar-refractivity contribution in [2.75, 3.05) is 30.8 Å². The van der Waals surface area contributed by atoms with Crippen LogP contribution in [0, 0.1) is 12.7 Å². The zero-order valence-corrected chi connectivity index (χ0v) is 18.6. The number of thioether (sulfide) groups is 1. The monoisotopic (exact) mass is 439 g/mol. The molecule has 0 aliphatic carbocycles. The number of aryl methyl sites for hydroxylation is 1. The molecule has 1 aromatic heterocycles. The lowest BCUT2D eigenvalue weighted by atomic mass is 10.2. The molecule has 3 aromatic rings. The van der Waals surface area contributed by atoms with E-state index in [4.69, 9.17) is 0 Å². The number of halogens is 1. The van der Waals surface area contributed by atoms with E-state index in [-0.39, 0.29) is 17.5 Å². The molecule has 8 heteroatoms. The largest absolute Gasteiger partial charge is 0.341 e. The van der Waals surface area contributed by atoms with Crippen molar-refractivity contribution in [2.45, 2.75) is 31.5 Å². The summed E-state index contributed by atoms with van der Waals surface area (Å²) in [4.78, 5) is 16.6. The zero-order valence-electron chi connectivity index (χ0n) is 17.8. The van der Waals surface area contributed by atoms with Crippen LogP contribution in [0.4, 0.5) is 10.3 Å². The Morgan fingerprint density at radius 3 is 2.42 bits per heavy atom. The van der Waals surface area contributed by atoms with Gasteiger partial charge in [-0.25, -0.2) is 4.39 Å². The molecule has 1 aliphatic heterocycles. The lowest BCUT2D eigenvalue weighted by molar-refractivity contribution is -0.127. The molecule has 162 valence electrons. The molecule has 0 spiro atoms. The Hall–Kier alpha value is -2.87. The van der Waals surface area contributed by atoms with Crippen LogP contribution in [0.25, 0.3) is 5.69 Å². The third kappa shape index (κ3) is 5.07. The quantitative estimate of drug-likeness (QED) is 0.520. The molecule has 1 saturated heterocycles. The highest BCUT2D eigenvalue weighted by molar-refractivity contribution is 7.99. The number of hydrogen-bond acceptors (Lipinski definition) is 5. The first-order valence-corrected chi connectivity index (χ1v) is 11.4. The molecule has 2 aromatic carbocycles. The third-order valence-corrected chi connectivity index (χ3v) is 6.29. The fourth-order valence-corrected chi connectivity index (χ4v) is 4.47. The highest BCUT2D eigenvalue weighted by Crippen LogP contribution is 2.29. The van der Waals surface area contributed by atoms with Gasteiger partial charge in [0.1, 0.15) is 5.82 Å². The van der Waals surface area contributed by atoms with Crippen molar-refractivity contribution in [2.24, 2.45) is 0 Å². The molecular weight excluding hydrogens is 413 g/mol. The second kappa shape index (κ2) is 9.51. The maximum atomic E-state index is 13.1. The predicted molar refractivity (Wildman–Crippen MR) is 121 cm³/mol. The number of carbonyl (C=O) groups excluding carboxylic acids is 1. The van der Waals surface area contributed by atoms with Crippen LogP contribution in [0.1, 0.15) is 24.0 Å². The van der Waals surface area contributed by atoms with Gasteiger partial charge in [0.2, 0.25) is 11.9 Å². The lowest BCUT2D eigenvalue weighted by Gasteiger charge is -2.19. The van der Waals surface area contributed by atoms with Crippen LogP contribution in [0.15, 0.2) is 53.7 Å². The van der Waals surface area contributed by atoms with E-state index in [2.05, 4.69) is 46.3 Å².